The Balaban J connectivity index is 1.31. The molecule has 26 heavy (non-hydrogen) atoms. The zero-order valence-corrected chi connectivity index (χ0v) is 15.6. The lowest BCUT2D eigenvalue weighted by Crippen LogP contribution is -2.46. The fraction of sp³-hybridized carbons (Fsp3) is 0.619. The van der Waals surface area contributed by atoms with Crippen LogP contribution in [0.1, 0.15) is 51.4 Å². The van der Waals surface area contributed by atoms with Crippen molar-refractivity contribution in [2.24, 2.45) is 5.92 Å². The fourth-order valence-corrected chi connectivity index (χ4v) is 4.09. The first-order valence-electron chi connectivity index (χ1n) is 10.1. The summed E-state index contributed by atoms with van der Waals surface area (Å²) in [7, 11) is 0. The van der Waals surface area contributed by atoms with E-state index in [1.54, 1.807) is 0 Å². The molecule has 1 aliphatic carbocycles. The summed E-state index contributed by atoms with van der Waals surface area (Å²) in [6, 6.07) is 9.81. The second-order valence-electron chi connectivity index (χ2n) is 7.72. The molecule has 1 heterocycles. The predicted octanol–water partition coefficient (Wildman–Crippen LogP) is 3.18. The van der Waals surface area contributed by atoms with Crippen molar-refractivity contribution in [1.29, 1.82) is 0 Å². The molecule has 2 N–H and O–H groups in total. The lowest BCUT2D eigenvalue weighted by atomic mass is 10.0. The van der Waals surface area contributed by atoms with Crippen LogP contribution < -0.4 is 10.6 Å². The van der Waals surface area contributed by atoms with Gasteiger partial charge in [0.1, 0.15) is 0 Å². The van der Waals surface area contributed by atoms with Crippen LogP contribution in [0, 0.1) is 5.92 Å². The maximum Gasteiger partial charge on any atom is 0.238 e. The number of carbonyl (C=O) groups is 2. The maximum absolute atomic E-state index is 12.1. The van der Waals surface area contributed by atoms with Gasteiger partial charge in [-0.15, -0.1) is 0 Å². The van der Waals surface area contributed by atoms with Crippen molar-refractivity contribution < 1.29 is 9.59 Å². The number of piperidine rings is 1. The molecule has 0 atom stereocenters. The Hall–Kier alpha value is -1.88. The van der Waals surface area contributed by atoms with E-state index in [9.17, 15) is 9.59 Å². The lowest BCUT2D eigenvalue weighted by Gasteiger charge is -2.32. The first kappa shape index (κ1) is 18.9. The Morgan fingerprint density at radius 1 is 0.962 bits per heavy atom. The van der Waals surface area contributed by atoms with Gasteiger partial charge in [0.25, 0.3) is 0 Å². The van der Waals surface area contributed by atoms with Crippen LogP contribution in [0.5, 0.6) is 0 Å². The average molecular weight is 357 g/mol. The topological polar surface area (TPSA) is 61.4 Å². The van der Waals surface area contributed by atoms with E-state index >= 15 is 0 Å². The van der Waals surface area contributed by atoms with E-state index in [4.69, 9.17) is 0 Å². The molecule has 1 aromatic carbocycles. The summed E-state index contributed by atoms with van der Waals surface area (Å²) in [5, 5.41) is 6.12. The summed E-state index contributed by atoms with van der Waals surface area (Å²) in [4.78, 5) is 26.4. The molecular formula is C21H31N3O2. The molecule has 2 amide bonds. The van der Waals surface area contributed by atoms with Gasteiger partial charge in [0.2, 0.25) is 11.8 Å². The molecule has 1 aromatic rings. The minimum Gasteiger partial charge on any atom is -0.353 e. The van der Waals surface area contributed by atoms with Gasteiger partial charge >= 0.3 is 0 Å². The van der Waals surface area contributed by atoms with E-state index in [0.717, 1.165) is 44.0 Å². The third-order valence-corrected chi connectivity index (χ3v) is 5.63. The average Bonchev–Trinajstić information content (AvgIpc) is 3.16. The van der Waals surface area contributed by atoms with Crippen molar-refractivity contribution in [3.63, 3.8) is 0 Å². The molecule has 5 nitrogen and oxygen atoms in total. The van der Waals surface area contributed by atoms with Crippen molar-refractivity contribution in [2.45, 2.75) is 57.4 Å². The minimum absolute atomic E-state index is 0.0234. The minimum atomic E-state index is 0.0234. The molecular weight excluding hydrogens is 326 g/mol. The zero-order chi connectivity index (χ0) is 18.2. The molecule has 0 spiro atoms. The van der Waals surface area contributed by atoms with Crippen LogP contribution in [0.4, 0.5) is 5.69 Å². The van der Waals surface area contributed by atoms with Crippen LogP contribution in [0.25, 0.3) is 0 Å². The number of hydrogen-bond acceptors (Lipinski definition) is 3. The summed E-state index contributed by atoms with van der Waals surface area (Å²) < 4.78 is 0. The van der Waals surface area contributed by atoms with Crippen molar-refractivity contribution >= 4 is 17.5 Å². The van der Waals surface area contributed by atoms with Gasteiger partial charge in [0.05, 0.1) is 6.54 Å². The number of rotatable bonds is 7. The SMILES string of the molecule is O=C(CN1CCC(NC(=O)CCC2CCCC2)CC1)Nc1ccccc1. The van der Waals surface area contributed by atoms with Gasteiger partial charge in [-0.2, -0.15) is 0 Å². The molecule has 3 rings (SSSR count). The van der Waals surface area contributed by atoms with Gasteiger partial charge < -0.3 is 10.6 Å². The van der Waals surface area contributed by atoms with Gasteiger partial charge in [-0.1, -0.05) is 43.9 Å². The summed E-state index contributed by atoms with van der Waals surface area (Å²) in [5.74, 6) is 0.998. The van der Waals surface area contributed by atoms with E-state index in [0.29, 0.717) is 13.0 Å². The number of hydrogen-bond donors (Lipinski definition) is 2. The molecule has 0 bridgehead atoms. The van der Waals surface area contributed by atoms with E-state index in [1.165, 1.54) is 25.7 Å². The molecule has 142 valence electrons. The van der Waals surface area contributed by atoms with Crippen LogP contribution in [0.2, 0.25) is 0 Å². The third kappa shape index (κ3) is 6.13. The summed E-state index contributed by atoms with van der Waals surface area (Å²) in [6.45, 7) is 2.13. The number of para-hydroxylation sites is 1. The maximum atomic E-state index is 12.1. The van der Waals surface area contributed by atoms with E-state index < -0.39 is 0 Å². The molecule has 0 radical (unpaired) electrons. The predicted molar refractivity (Wildman–Crippen MR) is 104 cm³/mol. The Morgan fingerprint density at radius 3 is 2.35 bits per heavy atom. The Labute approximate surface area is 156 Å². The smallest absolute Gasteiger partial charge is 0.238 e. The van der Waals surface area contributed by atoms with E-state index in [1.807, 2.05) is 30.3 Å². The van der Waals surface area contributed by atoms with Crippen LogP contribution in [0.15, 0.2) is 30.3 Å². The molecule has 5 heteroatoms. The standard InChI is InChI=1S/C21H31N3O2/c25-20(11-10-17-6-4-5-7-17)22-19-12-14-24(15-13-19)16-21(26)23-18-8-2-1-3-9-18/h1-3,8-9,17,19H,4-7,10-16H2,(H,22,25)(H,23,26). The quantitative estimate of drug-likeness (QED) is 0.788. The van der Waals surface area contributed by atoms with Crippen LogP contribution in [0.3, 0.4) is 0 Å². The highest BCUT2D eigenvalue weighted by Crippen LogP contribution is 2.28. The number of benzene rings is 1. The highest BCUT2D eigenvalue weighted by Gasteiger charge is 2.23. The Kier molecular flexibility index (Phi) is 7.06. The van der Waals surface area contributed by atoms with Crippen molar-refractivity contribution in [1.82, 2.24) is 10.2 Å². The zero-order valence-electron chi connectivity index (χ0n) is 15.6. The van der Waals surface area contributed by atoms with E-state index in [2.05, 4.69) is 15.5 Å². The Morgan fingerprint density at radius 2 is 1.65 bits per heavy atom. The third-order valence-electron chi connectivity index (χ3n) is 5.63. The van der Waals surface area contributed by atoms with Crippen LogP contribution >= 0.6 is 0 Å². The fourth-order valence-electron chi connectivity index (χ4n) is 4.09. The number of amides is 2. The molecule has 1 saturated carbocycles. The first-order chi connectivity index (χ1) is 12.7. The number of nitrogens with zero attached hydrogens (tertiary/aromatic N) is 1. The molecule has 2 aliphatic rings. The first-order valence-corrected chi connectivity index (χ1v) is 10.1. The van der Waals surface area contributed by atoms with Crippen molar-refractivity contribution in [3.05, 3.63) is 30.3 Å². The second-order valence-corrected chi connectivity index (χ2v) is 7.72. The van der Waals surface area contributed by atoms with Crippen molar-refractivity contribution in [2.75, 3.05) is 25.0 Å². The summed E-state index contributed by atoms with van der Waals surface area (Å²) in [5.41, 5.74) is 0.835. The van der Waals surface area contributed by atoms with Gasteiger partial charge in [0.15, 0.2) is 0 Å². The lowest BCUT2D eigenvalue weighted by molar-refractivity contribution is -0.123. The largest absolute Gasteiger partial charge is 0.353 e. The number of likely N-dealkylation sites (tertiary alicyclic amines) is 1. The Bertz CT molecular complexity index is 576. The normalized spacial score (nSPS) is 19.4. The highest BCUT2D eigenvalue weighted by molar-refractivity contribution is 5.92. The van der Waals surface area contributed by atoms with Crippen LogP contribution in [-0.2, 0) is 9.59 Å². The van der Waals surface area contributed by atoms with Gasteiger partial charge in [-0.3, -0.25) is 14.5 Å². The van der Waals surface area contributed by atoms with E-state index in [-0.39, 0.29) is 17.9 Å². The number of anilines is 1. The second kappa shape index (κ2) is 9.72. The van der Waals surface area contributed by atoms with Gasteiger partial charge in [-0.25, -0.2) is 0 Å². The summed E-state index contributed by atoms with van der Waals surface area (Å²) in [6.07, 6.45) is 8.84. The number of carbonyl (C=O) groups excluding carboxylic acids is 2. The molecule has 0 unspecified atom stereocenters. The highest BCUT2D eigenvalue weighted by atomic mass is 16.2. The monoisotopic (exact) mass is 357 g/mol. The van der Waals surface area contributed by atoms with Gasteiger partial charge in [0, 0.05) is 31.2 Å². The van der Waals surface area contributed by atoms with Crippen LogP contribution in [-0.4, -0.2) is 42.4 Å². The molecule has 1 saturated heterocycles. The number of nitrogens with one attached hydrogen (secondary N) is 2. The van der Waals surface area contributed by atoms with Gasteiger partial charge in [-0.05, 0) is 37.3 Å². The molecule has 0 aromatic heterocycles. The molecule has 2 fully saturated rings. The molecule has 1 aliphatic heterocycles. The van der Waals surface area contributed by atoms with Crippen molar-refractivity contribution in [3.8, 4) is 0 Å². The summed E-state index contributed by atoms with van der Waals surface area (Å²) >= 11 is 0.